The van der Waals surface area contributed by atoms with Crippen LogP contribution in [0.3, 0.4) is 0 Å². The number of carbonyl (C=O) groups is 1. The predicted molar refractivity (Wildman–Crippen MR) is 145 cm³/mol. The van der Waals surface area contributed by atoms with Crippen LogP contribution in [0.15, 0.2) is 60.8 Å². The average molecular weight is 482 g/mol. The van der Waals surface area contributed by atoms with Crippen LogP contribution in [0.2, 0.25) is 5.02 Å². The van der Waals surface area contributed by atoms with Gasteiger partial charge in [0.25, 0.3) is 0 Å². The van der Waals surface area contributed by atoms with Crippen molar-refractivity contribution in [3.05, 3.63) is 77.0 Å². The molecule has 1 saturated heterocycles. The molecule has 0 spiro atoms. The Kier molecular flexibility index (Phi) is 9.21. The van der Waals surface area contributed by atoms with Gasteiger partial charge in [-0.15, -0.1) is 0 Å². The average Bonchev–Trinajstić information content (AvgIpc) is 2.82. The zero-order chi connectivity index (χ0) is 24.7. The van der Waals surface area contributed by atoms with Gasteiger partial charge in [0, 0.05) is 23.0 Å². The van der Waals surface area contributed by atoms with Gasteiger partial charge in [-0.2, -0.15) is 0 Å². The number of halogens is 1. The number of piperidine rings is 1. The highest BCUT2D eigenvalue weighted by atomic mass is 35.5. The maximum Gasteiger partial charge on any atom is 0.230 e. The largest absolute Gasteiger partial charge is 0.359 e. The predicted octanol–water partition coefficient (Wildman–Crippen LogP) is 6.59. The van der Waals surface area contributed by atoms with Gasteiger partial charge in [-0.25, -0.2) is 0 Å². The number of hydrogen-bond acceptors (Lipinski definition) is 3. The van der Waals surface area contributed by atoms with Crippen LogP contribution in [0.5, 0.6) is 0 Å². The number of rotatable bonds is 10. The molecule has 1 heterocycles. The van der Waals surface area contributed by atoms with Crippen molar-refractivity contribution >= 4 is 23.2 Å². The normalized spacial score (nSPS) is 15.4. The van der Waals surface area contributed by atoms with E-state index in [0.717, 1.165) is 43.0 Å². The van der Waals surface area contributed by atoms with E-state index in [9.17, 15) is 4.79 Å². The number of hydrogen-bond donors (Lipinski definition) is 2. The zero-order valence-electron chi connectivity index (χ0n) is 21.2. The molecule has 0 aromatic heterocycles. The van der Waals surface area contributed by atoms with E-state index >= 15 is 0 Å². The maximum atomic E-state index is 12.8. The molecule has 34 heavy (non-hydrogen) atoms. The second-order valence-electron chi connectivity index (χ2n) is 10.3. The molecular formula is C29H40ClN3O. The Labute approximate surface area is 210 Å². The Morgan fingerprint density at radius 3 is 2.47 bits per heavy atom. The summed E-state index contributed by atoms with van der Waals surface area (Å²) in [7, 11) is 0. The summed E-state index contributed by atoms with van der Waals surface area (Å²) in [6.45, 7) is 16.3. The first-order valence-corrected chi connectivity index (χ1v) is 12.9. The van der Waals surface area contributed by atoms with Crippen LogP contribution in [0, 0.1) is 5.92 Å². The number of amides is 1. The van der Waals surface area contributed by atoms with Gasteiger partial charge < -0.3 is 15.5 Å². The summed E-state index contributed by atoms with van der Waals surface area (Å²) < 4.78 is 0. The molecule has 184 valence electrons. The second kappa shape index (κ2) is 11.9. The van der Waals surface area contributed by atoms with E-state index in [1.54, 1.807) is 0 Å². The minimum atomic E-state index is -0.576. The lowest BCUT2D eigenvalue weighted by atomic mass is 9.84. The molecule has 4 nitrogen and oxygen atoms in total. The Balaban J connectivity index is 1.40. The third-order valence-electron chi connectivity index (χ3n) is 7.02. The van der Waals surface area contributed by atoms with Gasteiger partial charge >= 0.3 is 0 Å². The Morgan fingerprint density at radius 2 is 1.82 bits per heavy atom. The van der Waals surface area contributed by atoms with Gasteiger partial charge in [0.05, 0.1) is 5.41 Å². The van der Waals surface area contributed by atoms with E-state index in [1.807, 2.05) is 38.1 Å². The van der Waals surface area contributed by atoms with Crippen LogP contribution in [0.25, 0.3) is 0 Å². The molecule has 2 aromatic rings. The number of anilines is 1. The van der Waals surface area contributed by atoms with Crippen LogP contribution in [-0.2, 0) is 10.2 Å². The first-order valence-electron chi connectivity index (χ1n) is 12.5. The molecule has 3 rings (SSSR count). The van der Waals surface area contributed by atoms with Gasteiger partial charge in [-0.3, -0.25) is 4.79 Å². The Bertz CT molecular complexity index is 960. The monoisotopic (exact) mass is 481 g/mol. The van der Waals surface area contributed by atoms with E-state index in [2.05, 4.69) is 60.2 Å². The molecule has 1 amide bonds. The third kappa shape index (κ3) is 7.10. The molecule has 2 N–H and O–H groups in total. The fraction of sp³-hybridized carbons (Fsp3) is 0.483. The summed E-state index contributed by atoms with van der Waals surface area (Å²) in [6, 6.07) is 16.3. The molecule has 0 bridgehead atoms. The van der Waals surface area contributed by atoms with Crippen LogP contribution in [0.1, 0.15) is 64.0 Å². The summed E-state index contributed by atoms with van der Waals surface area (Å²) in [5.74, 6) is 1.08. The van der Waals surface area contributed by atoms with Gasteiger partial charge in [-0.1, -0.05) is 56.3 Å². The van der Waals surface area contributed by atoms with Crippen molar-refractivity contribution in [2.75, 3.05) is 31.5 Å². The van der Waals surface area contributed by atoms with E-state index in [1.165, 1.54) is 18.4 Å². The van der Waals surface area contributed by atoms with Crippen molar-refractivity contribution in [3.63, 3.8) is 0 Å². The number of nitrogens with zero attached hydrogens (tertiary/aromatic N) is 1. The molecule has 1 aliphatic rings. The highest BCUT2D eigenvalue weighted by Crippen LogP contribution is 2.30. The lowest BCUT2D eigenvalue weighted by molar-refractivity contribution is -0.125. The summed E-state index contributed by atoms with van der Waals surface area (Å²) in [4.78, 5) is 15.3. The van der Waals surface area contributed by atoms with Crippen molar-refractivity contribution < 1.29 is 4.79 Å². The smallest absolute Gasteiger partial charge is 0.230 e. The van der Waals surface area contributed by atoms with Crippen LogP contribution in [0.4, 0.5) is 5.69 Å². The maximum absolute atomic E-state index is 12.8. The van der Waals surface area contributed by atoms with Crippen molar-refractivity contribution in [2.45, 2.75) is 58.3 Å². The molecule has 1 fully saturated rings. The summed E-state index contributed by atoms with van der Waals surface area (Å²) in [5, 5.41) is 7.26. The number of nitrogens with one attached hydrogen (secondary N) is 2. The van der Waals surface area contributed by atoms with Crippen molar-refractivity contribution in [2.24, 2.45) is 5.92 Å². The fourth-order valence-corrected chi connectivity index (χ4v) is 4.54. The van der Waals surface area contributed by atoms with E-state index in [0.29, 0.717) is 23.4 Å². The number of carbonyl (C=O) groups excluding carboxylic acids is 1. The van der Waals surface area contributed by atoms with Crippen LogP contribution in [-0.4, -0.2) is 37.0 Å². The minimum absolute atomic E-state index is 0.0576. The highest BCUT2D eigenvalue weighted by Gasteiger charge is 2.29. The lowest BCUT2D eigenvalue weighted by Gasteiger charge is -2.32. The van der Waals surface area contributed by atoms with E-state index < -0.39 is 5.41 Å². The molecule has 0 saturated carbocycles. The van der Waals surface area contributed by atoms with Crippen LogP contribution >= 0.6 is 11.6 Å². The van der Waals surface area contributed by atoms with Crippen molar-refractivity contribution in [3.8, 4) is 0 Å². The van der Waals surface area contributed by atoms with E-state index in [4.69, 9.17) is 11.6 Å². The first-order chi connectivity index (χ1) is 16.2. The molecular weight excluding hydrogens is 442 g/mol. The van der Waals surface area contributed by atoms with E-state index in [-0.39, 0.29) is 5.91 Å². The van der Waals surface area contributed by atoms with Gasteiger partial charge in [0.1, 0.15) is 0 Å². The molecule has 2 aromatic carbocycles. The topological polar surface area (TPSA) is 44.4 Å². The SMILES string of the molecule is C=C(Nc1cccc(C2CCN(CCCNC(=O)C(C)(C)c3ccc(Cl)cc3)CC2)c1)C(C)C. The lowest BCUT2D eigenvalue weighted by Crippen LogP contribution is -2.41. The highest BCUT2D eigenvalue weighted by molar-refractivity contribution is 6.30. The fourth-order valence-electron chi connectivity index (χ4n) is 4.41. The minimum Gasteiger partial charge on any atom is -0.359 e. The van der Waals surface area contributed by atoms with Gasteiger partial charge in [-0.05, 0) is 100.0 Å². The molecule has 0 atom stereocenters. The van der Waals surface area contributed by atoms with Gasteiger partial charge in [0.2, 0.25) is 5.91 Å². The molecule has 1 aliphatic heterocycles. The number of allylic oxidation sites excluding steroid dienone is 1. The Morgan fingerprint density at radius 1 is 1.15 bits per heavy atom. The quantitative estimate of drug-likeness (QED) is 0.376. The molecule has 0 aliphatic carbocycles. The molecule has 5 heteroatoms. The van der Waals surface area contributed by atoms with Crippen molar-refractivity contribution in [1.82, 2.24) is 10.2 Å². The zero-order valence-corrected chi connectivity index (χ0v) is 21.9. The van der Waals surface area contributed by atoms with Crippen LogP contribution < -0.4 is 10.6 Å². The standard InChI is InChI=1S/C29H40ClN3O/c1-21(2)22(3)32-27-9-6-8-24(20-27)23-14-18-33(19-15-23)17-7-16-31-28(34)29(4,5)25-10-12-26(30)13-11-25/h6,8-13,20-21,23,32H,3,7,14-19H2,1-2,4-5H3,(H,31,34). The summed E-state index contributed by atoms with van der Waals surface area (Å²) in [5.41, 5.74) is 4.00. The summed E-state index contributed by atoms with van der Waals surface area (Å²) >= 11 is 5.99. The number of likely N-dealkylation sites (tertiary alicyclic amines) is 1. The molecule has 0 radical (unpaired) electrons. The third-order valence-corrected chi connectivity index (χ3v) is 7.27. The van der Waals surface area contributed by atoms with Crippen molar-refractivity contribution in [1.29, 1.82) is 0 Å². The summed E-state index contributed by atoms with van der Waals surface area (Å²) in [6.07, 6.45) is 3.30. The Hall–Kier alpha value is -2.30. The van der Waals surface area contributed by atoms with Gasteiger partial charge in [0.15, 0.2) is 0 Å². The second-order valence-corrected chi connectivity index (χ2v) is 10.7. The molecule has 0 unspecified atom stereocenters. The number of benzene rings is 2. The first kappa shape index (κ1) is 26.3.